The minimum absolute atomic E-state index is 0.140. The van der Waals surface area contributed by atoms with Gasteiger partial charge in [0.15, 0.2) is 0 Å². The molecule has 2 N–H and O–H groups in total. The third-order valence-electron chi connectivity index (χ3n) is 6.86. The van der Waals surface area contributed by atoms with Crippen molar-refractivity contribution < 1.29 is 10.2 Å². The zero-order chi connectivity index (χ0) is 23.1. The first-order valence-electron chi connectivity index (χ1n) is 12.1. The van der Waals surface area contributed by atoms with E-state index in [1.807, 2.05) is 60.7 Å². The lowest BCUT2D eigenvalue weighted by molar-refractivity contribution is -0.0186. The van der Waals surface area contributed by atoms with Crippen molar-refractivity contribution in [1.82, 2.24) is 4.90 Å². The van der Waals surface area contributed by atoms with Gasteiger partial charge in [0.25, 0.3) is 0 Å². The third-order valence-corrected chi connectivity index (χ3v) is 8.12. The Bertz CT molecular complexity index is 947. The van der Waals surface area contributed by atoms with Crippen LogP contribution in [0.1, 0.15) is 36.5 Å². The van der Waals surface area contributed by atoms with Gasteiger partial charge < -0.3 is 15.1 Å². The van der Waals surface area contributed by atoms with Gasteiger partial charge in [0.05, 0.1) is 6.10 Å². The fourth-order valence-electron chi connectivity index (χ4n) is 5.03. The topological polar surface area (TPSA) is 43.7 Å². The molecule has 0 spiro atoms. The third kappa shape index (κ3) is 5.70. The fourth-order valence-corrected chi connectivity index (χ4v) is 6.08. The first-order valence-corrected chi connectivity index (χ1v) is 13.0. The maximum Gasteiger partial charge on any atom is 0.117 e. The summed E-state index contributed by atoms with van der Waals surface area (Å²) in [6, 6.07) is 28.6. The normalized spacial score (nSPS) is 16.6. The van der Waals surface area contributed by atoms with E-state index in [1.54, 1.807) is 11.8 Å². The van der Waals surface area contributed by atoms with Gasteiger partial charge in [-0.3, -0.25) is 0 Å². The quantitative estimate of drug-likeness (QED) is 0.422. The molecule has 0 radical (unpaired) electrons. The van der Waals surface area contributed by atoms with Gasteiger partial charge in [-0.25, -0.2) is 0 Å². The summed E-state index contributed by atoms with van der Waals surface area (Å²) in [5, 5.41) is 22.7. The molecule has 1 aliphatic rings. The zero-order valence-corrected chi connectivity index (χ0v) is 20.3. The highest BCUT2D eigenvalue weighted by atomic mass is 32.2. The standard InChI is InChI=1S/C29H35NO2S/c1-2-23-11-9-10-16-28(23)33-22-27(31)21-30-19-17-26(18-20-30)29(32,24-12-5-3-6-13-24)25-14-7-4-8-15-25/h3-16,26-27,31-32H,2,17-22H2,1H3. The molecule has 0 amide bonds. The van der Waals surface area contributed by atoms with E-state index in [2.05, 4.69) is 36.1 Å². The summed E-state index contributed by atoms with van der Waals surface area (Å²) < 4.78 is 0. The van der Waals surface area contributed by atoms with Gasteiger partial charge in [-0.2, -0.15) is 0 Å². The predicted octanol–water partition coefficient (Wildman–Crippen LogP) is 5.35. The molecule has 3 nitrogen and oxygen atoms in total. The van der Waals surface area contributed by atoms with Crippen LogP contribution in [-0.4, -0.2) is 46.6 Å². The average Bonchev–Trinajstić information content (AvgIpc) is 2.88. The van der Waals surface area contributed by atoms with Crippen molar-refractivity contribution >= 4 is 11.8 Å². The number of hydrogen-bond donors (Lipinski definition) is 2. The number of aliphatic hydroxyl groups is 2. The number of rotatable bonds is 9. The Hall–Kier alpha value is -2.11. The van der Waals surface area contributed by atoms with Gasteiger partial charge >= 0.3 is 0 Å². The highest BCUT2D eigenvalue weighted by Gasteiger charge is 2.41. The minimum Gasteiger partial charge on any atom is -0.391 e. The monoisotopic (exact) mass is 461 g/mol. The van der Waals surface area contributed by atoms with E-state index in [1.165, 1.54) is 10.5 Å². The minimum atomic E-state index is -0.993. The van der Waals surface area contributed by atoms with Crippen LogP contribution in [0.25, 0.3) is 0 Å². The first-order chi connectivity index (χ1) is 16.1. The van der Waals surface area contributed by atoms with Crippen LogP contribution in [0.3, 0.4) is 0 Å². The molecule has 1 saturated heterocycles. The molecule has 0 bridgehead atoms. The van der Waals surface area contributed by atoms with Gasteiger partial charge in [-0.05, 0) is 61.0 Å². The Morgan fingerprint density at radius 1 is 0.879 bits per heavy atom. The van der Waals surface area contributed by atoms with E-state index in [9.17, 15) is 10.2 Å². The molecule has 1 atom stereocenters. The maximum absolute atomic E-state index is 12.0. The van der Waals surface area contributed by atoms with Crippen LogP contribution in [0.15, 0.2) is 89.8 Å². The van der Waals surface area contributed by atoms with Crippen molar-refractivity contribution in [3.8, 4) is 0 Å². The van der Waals surface area contributed by atoms with E-state index in [4.69, 9.17) is 0 Å². The molecule has 3 aromatic carbocycles. The zero-order valence-electron chi connectivity index (χ0n) is 19.4. The van der Waals surface area contributed by atoms with Crippen molar-refractivity contribution in [2.24, 2.45) is 5.92 Å². The number of aliphatic hydroxyl groups excluding tert-OH is 1. The lowest BCUT2D eigenvalue weighted by Crippen LogP contribution is -2.46. The van der Waals surface area contributed by atoms with Crippen LogP contribution in [0.4, 0.5) is 0 Å². The van der Waals surface area contributed by atoms with Gasteiger partial charge in [0, 0.05) is 17.2 Å². The fraction of sp³-hybridized carbons (Fsp3) is 0.379. The predicted molar refractivity (Wildman–Crippen MR) is 138 cm³/mol. The maximum atomic E-state index is 12.0. The lowest BCUT2D eigenvalue weighted by atomic mass is 9.72. The van der Waals surface area contributed by atoms with Crippen molar-refractivity contribution in [2.45, 2.75) is 42.8 Å². The second kappa shape index (κ2) is 11.3. The van der Waals surface area contributed by atoms with Crippen LogP contribution in [-0.2, 0) is 12.0 Å². The Kier molecular flexibility index (Phi) is 8.26. The Morgan fingerprint density at radius 2 is 1.42 bits per heavy atom. The number of likely N-dealkylation sites (tertiary alicyclic amines) is 1. The number of thioether (sulfide) groups is 1. The summed E-state index contributed by atoms with van der Waals surface area (Å²) in [6.07, 6.45) is 2.45. The van der Waals surface area contributed by atoms with Crippen molar-refractivity contribution in [3.63, 3.8) is 0 Å². The van der Waals surface area contributed by atoms with E-state index in [-0.39, 0.29) is 12.0 Å². The van der Waals surface area contributed by atoms with E-state index in [0.717, 1.165) is 43.5 Å². The number of aryl methyl sites for hydroxylation is 1. The molecule has 3 aromatic rings. The van der Waals surface area contributed by atoms with Gasteiger partial charge in [0.2, 0.25) is 0 Å². The van der Waals surface area contributed by atoms with Crippen LogP contribution in [0.5, 0.6) is 0 Å². The van der Waals surface area contributed by atoms with Crippen LogP contribution in [0.2, 0.25) is 0 Å². The summed E-state index contributed by atoms with van der Waals surface area (Å²) >= 11 is 1.75. The summed E-state index contributed by atoms with van der Waals surface area (Å²) in [5.74, 6) is 0.844. The molecule has 33 heavy (non-hydrogen) atoms. The van der Waals surface area contributed by atoms with E-state index in [0.29, 0.717) is 12.3 Å². The first kappa shape index (κ1) is 24.0. The van der Waals surface area contributed by atoms with Crippen LogP contribution in [0, 0.1) is 5.92 Å². The molecule has 0 aliphatic carbocycles. The molecule has 4 rings (SSSR count). The highest BCUT2D eigenvalue weighted by molar-refractivity contribution is 7.99. The van der Waals surface area contributed by atoms with Crippen LogP contribution < -0.4 is 0 Å². The van der Waals surface area contributed by atoms with Crippen molar-refractivity contribution in [1.29, 1.82) is 0 Å². The summed E-state index contributed by atoms with van der Waals surface area (Å²) in [7, 11) is 0. The molecule has 1 heterocycles. The van der Waals surface area contributed by atoms with E-state index < -0.39 is 5.60 Å². The number of piperidine rings is 1. The SMILES string of the molecule is CCc1ccccc1SCC(O)CN1CCC(C(O)(c2ccccc2)c2ccccc2)CC1. The van der Waals surface area contributed by atoms with Crippen molar-refractivity contribution in [2.75, 3.05) is 25.4 Å². The Labute approximate surface area is 202 Å². The smallest absolute Gasteiger partial charge is 0.117 e. The van der Waals surface area contributed by atoms with Gasteiger partial charge in [-0.1, -0.05) is 85.8 Å². The molecule has 0 aromatic heterocycles. The van der Waals surface area contributed by atoms with E-state index >= 15 is 0 Å². The summed E-state index contributed by atoms with van der Waals surface area (Å²) in [6.45, 7) is 4.63. The lowest BCUT2D eigenvalue weighted by Gasteiger charge is -2.42. The highest BCUT2D eigenvalue weighted by Crippen LogP contribution is 2.41. The number of hydrogen-bond acceptors (Lipinski definition) is 4. The Morgan fingerprint density at radius 3 is 2.00 bits per heavy atom. The average molecular weight is 462 g/mol. The molecular formula is C29H35NO2S. The second-order valence-electron chi connectivity index (χ2n) is 9.00. The Balaban J connectivity index is 1.37. The molecule has 0 saturated carbocycles. The molecule has 1 fully saturated rings. The largest absolute Gasteiger partial charge is 0.391 e. The van der Waals surface area contributed by atoms with Crippen LogP contribution >= 0.6 is 11.8 Å². The molecule has 1 unspecified atom stereocenters. The molecular weight excluding hydrogens is 426 g/mol. The number of benzene rings is 3. The van der Waals surface area contributed by atoms with Gasteiger partial charge in [0.1, 0.15) is 5.60 Å². The van der Waals surface area contributed by atoms with Crippen molar-refractivity contribution in [3.05, 3.63) is 102 Å². The number of nitrogens with zero attached hydrogens (tertiary/aromatic N) is 1. The summed E-state index contributed by atoms with van der Waals surface area (Å²) in [4.78, 5) is 3.62. The number of β-amino-alcohol motifs (C(OH)–C–C–N with tert-alkyl or cyclic N) is 1. The second-order valence-corrected chi connectivity index (χ2v) is 10.1. The van der Waals surface area contributed by atoms with Gasteiger partial charge in [-0.15, -0.1) is 11.8 Å². The molecule has 174 valence electrons. The molecule has 1 aliphatic heterocycles. The summed E-state index contributed by atoms with van der Waals surface area (Å²) in [5.41, 5.74) is 2.27. The molecule has 4 heteroatoms.